The zero-order valence-corrected chi connectivity index (χ0v) is 8.88. The number of halogens is 1. The van der Waals surface area contributed by atoms with Crippen LogP contribution >= 0.6 is 12.4 Å². The summed E-state index contributed by atoms with van der Waals surface area (Å²) in [6, 6.07) is 0. The maximum atomic E-state index is 5.45. The highest BCUT2D eigenvalue weighted by Crippen LogP contribution is 2.27. The molecule has 1 saturated heterocycles. The lowest BCUT2D eigenvalue weighted by Crippen LogP contribution is -2.37. The maximum absolute atomic E-state index is 5.45. The van der Waals surface area contributed by atoms with Gasteiger partial charge in [0.05, 0.1) is 6.61 Å². The first-order valence-corrected chi connectivity index (χ1v) is 4.55. The summed E-state index contributed by atoms with van der Waals surface area (Å²) in [5.74, 6) is 0. The second kappa shape index (κ2) is 5.79. The molecule has 0 aromatic heterocycles. The fourth-order valence-electron chi connectivity index (χ4n) is 1.52. The topological polar surface area (TPSA) is 21.3 Å². The SMILES string of the molecule is CCOCC1(C)CCNCC1.Cl. The lowest BCUT2D eigenvalue weighted by Gasteiger charge is -2.33. The highest BCUT2D eigenvalue weighted by molar-refractivity contribution is 5.85. The van der Waals surface area contributed by atoms with E-state index in [0.29, 0.717) is 5.41 Å². The molecule has 3 heteroatoms. The van der Waals surface area contributed by atoms with Gasteiger partial charge in [-0.1, -0.05) is 6.92 Å². The molecule has 0 spiro atoms. The van der Waals surface area contributed by atoms with Gasteiger partial charge in [0.2, 0.25) is 0 Å². The van der Waals surface area contributed by atoms with Crippen molar-refractivity contribution in [1.82, 2.24) is 5.32 Å². The minimum Gasteiger partial charge on any atom is -0.381 e. The van der Waals surface area contributed by atoms with E-state index in [1.54, 1.807) is 0 Å². The molecule has 1 N–H and O–H groups in total. The highest BCUT2D eigenvalue weighted by Gasteiger charge is 2.26. The van der Waals surface area contributed by atoms with Gasteiger partial charge in [-0.05, 0) is 38.3 Å². The molecule has 1 aliphatic heterocycles. The molecule has 0 radical (unpaired) electrons. The molecule has 0 aromatic rings. The fraction of sp³-hybridized carbons (Fsp3) is 1.00. The van der Waals surface area contributed by atoms with E-state index in [4.69, 9.17) is 4.74 Å². The molecule has 1 heterocycles. The number of hydrogen-bond acceptors (Lipinski definition) is 2. The van der Waals surface area contributed by atoms with Crippen molar-refractivity contribution in [2.75, 3.05) is 26.3 Å². The van der Waals surface area contributed by atoms with E-state index in [9.17, 15) is 0 Å². The van der Waals surface area contributed by atoms with E-state index in [0.717, 1.165) is 26.3 Å². The minimum absolute atomic E-state index is 0. The van der Waals surface area contributed by atoms with Crippen LogP contribution in [0.15, 0.2) is 0 Å². The summed E-state index contributed by atoms with van der Waals surface area (Å²) < 4.78 is 5.45. The van der Waals surface area contributed by atoms with Crippen molar-refractivity contribution in [3.8, 4) is 0 Å². The minimum atomic E-state index is 0. The Morgan fingerprint density at radius 1 is 1.33 bits per heavy atom. The first-order chi connectivity index (χ1) is 5.27. The van der Waals surface area contributed by atoms with Crippen LogP contribution in [0.3, 0.4) is 0 Å². The summed E-state index contributed by atoms with van der Waals surface area (Å²) in [6.45, 7) is 8.48. The summed E-state index contributed by atoms with van der Waals surface area (Å²) in [6.07, 6.45) is 2.51. The Kier molecular flexibility index (Phi) is 5.89. The van der Waals surface area contributed by atoms with Gasteiger partial charge >= 0.3 is 0 Å². The van der Waals surface area contributed by atoms with Gasteiger partial charge in [0.1, 0.15) is 0 Å². The zero-order chi connectivity index (χ0) is 8.16. The molecule has 1 rings (SSSR count). The quantitative estimate of drug-likeness (QED) is 0.739. The molecule has 0 aromatic carbocycles. The lowest BCUT2D eigenvalue weighted by atomic mass is 9.82. The summed E-state index contributed by atoms with van der Waals surface area (Å²) in [5, 5.41) is 3.36. The molecule has 1 aliphatic rings. The van der Waals surface area contributed by atoms with Crippen molar-refractivity contribution >= 4 is 12.4 Å². The first kappa shape index (κ1) is 12.2. The third-order valence-electron chi connectivity index (χ3n) is 2.47. The van der Waals surface area contributed by atoms with Crippen molar-refractivity contribution in [3.63, 3.8) is 0 Å². The van der Waals surface area contributed by atoms with E-state index < -0.39 is 0 Å². The third-order valence-corrected chi connectivity index (χ3v) is 2.47. The predicted octanol–water partition coefficient (Wildman–Crippen LogP) is 1.83. The van der Waals surface area contributed by atoms with Gasteiger partial charge in [0.15, 0.2) is 0 Å². The van der Waals surface area contributed by atoms with Crippen LogP contribution in [0.4, 0.5) is 0 Å². The van der Waals surface area contributed by atoms with Crippen LogP contribution in [0.25, 0.3) is 0 Å². The van der Waals surface area contributed by atoms with Gasteiger partial charge in [-0.25, -0.2) is 0 Å². The molecule has 2 nitrogen and oxygen atoms in total. The van der Waals surface area contributed by atoms with Crippen LogP contribution in [0.5, 0.6) is 0 Å². The maximum Gasteiger partial charge on any atom is 0.0520 e. The second-order valence-corrected chi connectivity index (χ2v) is 3.70. The summed E-state index contributed by atoms with van der Waals surface area (Å²) in [4.78, 5) is 0. The number of piperidine rings is 1. The van der Waals surface area contributed by atoms with Gasteiger partial charge in [0, 0.05) is 6.61 Å². The third kappa shape index (κ3) is 3.74. The summed E-state index contributed by atoms with van der Waals surface area (Å²) in [7, 11) is 0. The average Bonchev–Trinajstić information content (AvgIpc) is 2.03. The van der Waals surface area contributed by atoms with E-state index >= 15 is 0 Å². The van der Waals surface area contributed by atoms with Gasteiger partial charge in [-0.3, -0.25) is 0 Å². The Balaban J connectivity index is 0.00000121. The van der Waals surface area contributed by atoms with Crippen LogP contribution in [0.2, 0.25) is 0 Å². The van der Waals surface area contributed by atoms with Crippen LogP contribution < -0.4 is 5.32 Å². The number of nitrogens with one attached hydrogen (secondary N) is 1. The Morgan fingerprint density at radius 3 is 2.42 bits per heavy atom. The van der Waals surface area contributed by atoms with E-state index in [1.165, 1.54) is 12.8 Å². The number of ether oxygens (including phenoxy) is 1. The van der Waals surface area contributed by atoms with Crippen molar-refractivity contribution in [2.45, 2.75) is 26.7 Å². The van der Waals surface area contributed by atoms with Crippen molar-refractivity contribution < 1.29 is 4.74 Å². The van der Waals surface area contributed by atoms with Gasteiger partial charge in [0.25, 0.3) is 0 Å². The Bertz CT molecular complexity index is 113. The van der Waals surface area contributed by atoms with Crippen LogP contribution in [0.1, 0.15) is 26.7 Å². The molecule has 74 valence electrons. The molecule has 0 aliphatic carbocycles. The molecule has 12 heavy (non-hydrogen) atoms. The van der Waals surface area contributed by atoms with Crippen molar-refractivity contribution in [1.29, 1.82) is 0 Å². The van der Waals surface area contributed by atoms with Gasteiger partial charge in [-0.2, -0.15) is 0 Å². The zero-order valence-electron chi connectivity index (χ0n) is 8.06. The molecular weight excluding hydrogens is 174 g/mol. The van der Waals surface area contributed by atoms with Crippen molar-refractivity contribution in [2.24, 2.45) is 5.41 Å². The molecule has 0 bridgehead atoms. The van der Waals surface area contributed by atoms with Crippen molar-refractivity contribution in [3.05, 3.63) is 0 Å². The monoisotopic (exact) mass is 193 g/mol. The predicted molar refractivity (Wildman–Crippen MR) is 54.0 cm³/mol. The molecule has 0 amide bonds. The molecule has 0 atom stereocenters. The molecule has 1 fully saturated rings. The van der Waals surface area contributed by atoms with Gasteiger partial charge < -0.3 is 10.1 Å². The Morgan fingerprint density at radius 2 is 1.92 bits per heavy atom. The Hall–Kier alpha value is 0.210. The molecular formula is C9H20ClNO. The van der Waals surface area contributed by atoms with Crippen LogP contribution in [0, 0.1) is 5.41 Å². The summed E-state index contributed by atoms with van der Waals surface area (Å²) in [5.41, 5.74) is 0.446. The number of hydrogen-bond donors (Lipinski definition) is 1. The average molecular weight is 194 g/mol. The van der Waals surface area contributed by atoms with E-state index in [-0.39, 0.29) is 12.4 Å². The van der Waals surface area contributed by atoms with Gasteiger partial charge in [-0.15, -0.1) is 12.4 Å². The number of rotatable bonds is 3. The highest BCUT2D eigenvalue weighted by atomic mass is 35.5. The smallest absolute Gasteiger partial charge is 0.0520 e. The van der Waals surface area contributed by atoms with Crippen LogP contribution in [-0.4, -0.2) is 26.3 Å². The fourth-order valence-corrected chi connectivity index (χ4v) is 1.52. The Labute approximate surface area is 81.5 Å². The van der Waals surface area contributed by atoms with E-state index in [2.05, 4.69) is 19.2 Å². The largest absolute Gasteiger partial charge is 0.381 e. The lowest BCUT2D eigenvalue weighted by molar-refractivity contribution is 0.0421. The second-order valence-electron chi connectivity index (χ2n) is 3.70. The molecule has 0 saturated carbocycles. The summed E-state index contributed by atoms with van der Waals surface area (Å²) >= 11 is 0. The van der Waals surface area contributed by atoms with E-state index in [1.807, 2.05) is 0 Å². The standard InChI is InChI=1S/C9H19NO.ClH/c1-3-11-8-9(2)4-6-10-7-5-9;/h10H,3-8H2,1-2H3;1H. The first-order valence-electron chi connectivity index (χ1n) is 4.55. The molecule has 0 unspecified atom stereocenters. The van der Waals surface area contributed by atoms with Crippen LogP contribution in [-0.2, 0) is 4.74 Å². The normalized spacial score (nSPS) is 21.5.